The molecule has 19 heavy (non-hydrogen) atoms. The molecule has 2 atom stereocenters. The highest BCUT2D eigenvalue weighted by atomic mass is 16.5. The zero-order chi connectivity index (χ0) is 13.2. The Hall–Kier alpha value is -1.39. The zero-order valence-electron chi connectivity index (χ0n) is 11.2. The lowest BCUT2D eigenvalue weighted by molar-refractivity contribution is 0.0538. The maximum absolute atomic E-state index is 10.2. The summed E-state index contributed by atoms with van der Waals surface area (Å²) in [5, 5.41) is 15.9. The Kier molecular flexibility index (Phi) is 3.53. The number of hydrogen-bond donors (Lipinski definition) is 1. The van der Waals surface area contributed by atoms with Gasteiger partial charge in [-0.25, -0.2) is 0 Å². The van der Waals surface area contributed by atoms with Crippen LogP contribution in [0, 0.1) is 0 Å². The molecule has 1 aromatic carbocycles. The third kappa shape index (κ3) is 2.65. The van der Waals surface area contributed by atoms with Gasteiger partial charge in [0.2, 0.25) is 0 Å². The Morgan fingerprint density at radius 2 is 2.32 bits per heavy atom. The van der Waals surface area contributed by atoms with Crippen LogP contribution in [-0.4, -0.2) is 33.7 Å². The minimum absolute atomic E-state index is 0.227. The molecule has 2 heterocycles. The number of hydrogen-bond acceptors (Lipinski definition) is 3. The standard InChI is InChI=1S/C15H20N2O2/c1-17-15-7-3-2-6-13(15)14(16-17)10-11(18)9-12-5-4-8-19-12/h2-3,6-7,11-12,18H,4-5,8-10H2,1H3. The van der Waals surface area contributed by atoms with Gasteiger partial charge in [-0.3, -0.25) is 4.68 Å². The van der Waals surface area contributed by atoms with Gasteiger partial charge in [-0.1, -0.05) is 18.2 Å². The summed E-state index contributed by atoms with van der Waals surface area (Å²) < 4.78 is 7.45. The van der Waals surface area contributed by atoms with Crippen molar-refractivity contribution >= 4 is 10.9 Å². The molecule has 2 unspecified atom stereocenters. The van der Waals surface area contributed by atoms with E-state index in [2.05, 4.69) is 17.2 Å². The molecule has 1 fully saturated rings. The lowest BCUT2D eigenvalue weighted by Crippen LogP contribution is -2.19. The smallest absolute Gasteiger partial charge is 0.0728 e. The topological polar surface area (TPSA) is 47.3 Å². The highest BCUT2D eigenvalue weighted by Crippen LogP contribution is 2.22. The number of ether oxygens (including phenoxy) is 1. The summed E-state index contributed by atoms with van der Waals surface area (Å²) in [6.07, 6.45) is 3.35. The van der Waals surface area contributed by atoms with Crippen molar-refractivity contribution in [2.45, 2.75) is 37.9 Å². The number of para-hydroxylation sites is 1. The number of aliphatic hydroxyl groups is 1. The number of aromatic nitrogens is 2. The van der Waals surface area contributed by atoms with Crippen LogP contribution in [0.15, 0.2) is 24.3 Å². The monoisotopic (exact) mass is 260 g/mol. The van der Waals surface area contributed by atoms with E-state index in [1.807, 2.05) is 23.9 Å². The second-order valence-corrected chi connectivity index (χ2v) is 5.32. The number of nitrogens with zero attached hydrogens (tertiary/aromatic N) is 2. The minimum atomic E-state index is -0.374. The molecule has 1 N–H and O–H groups in total. The van der Waals surface area contributed by atoms with E-state index in [1.54, 1.807) is 0 Å². The van der Waals surface area contributed by atoms with E-state index in [0.717, 1.165) is 36.0 Å². The first-order chi connectivity index (χ1) is 9.24. The highest BCUT2D eigenvalue weighted by molar-refractivity contribution is 5.81. The summed E-state index contributed by atoms with van der Waals surface area (Å²) in [5.41, 5.74) is 2.09. The predicted octanol–water partition coefficient (Wildman–Crippen LogP) is 2.05. The molecule has 2 aromatic rings. The molecule has 0 amide bonds. The van der Waals surface area contributed by atoms with E-state index in [4.69, 9.17) is 4.74 Å². The average molecular weight is 260 g/mol. The third-order valence-electron chi connectivity index (χ3n) is 3.82. The molecule has 0 bridgehead atoms. The summed E-state index contributed by atoms with van der Waals surface area (Å²) >= 11 is 0. The van der Waals surface area contributed by atoms with E-state index in [9.17, 15) is 5.11 Å². The number of aryl methyl sites for hydroxylation is 1. The molecule has 0 saturated carbocycles. The first kappa shape index (κ1) is 12.6. The van der Waals surface area contributed by atoms with Crippen molar-refractivity contribution in [2.75, 3.05) is 6.61 Å². The van der Waals surface area contributed by atoms with E-state index in [-0.39, 0.29) is 12.2 Å². The molecule has 0 spiro atoms. The molecule has 0 radical (unpaired) electrons. The normalized spacial score (nSPS) is 21.1. The lowest BCUT2D eigenvalue weighted by Gasteiger charge is -2.14. The van der Waals surface area contributed by atoms with Gasteiger partial charge in [0.05, 0.1) is 23.4 Å². The molecule has 1 saturated heterocycles. The van der Waals surface area contributed by atoms with Crippen LogP contribution in [0.25, 0.3) is 10.9 Å². The molecule has 1 aliphatic rings. The first-order valence-corrected chi connectivity index (χ1v) is 6.94. The van der Waals surface area contributed by atoms with Gasteiger partial charge in [-0.05, 0) is 25.3 Å². The molecule has 1 aliphatic heterocycles. The van der Waals surface area contributed by atoms with Gasteiger partial charge in [0.1, 0.15) is 0 Å². The van der Waals surface area contributed by atoms with Crippen LogP contribution in [0.3, 0.4) is 0 Å². The third-order valence-corrected chi connectivity index (χ3v) is 3.82. The van der Waals surface area contributed by atoms with Crippen LogP contribution in [0.1, 0.15) is 25.0 Å². The number of aliphatic hydroxyl groups excluding tert-OH is 1. The van der Waals surface area contributed by atoms with Crippen LogP contribution < -0.4 is 0 Å². The fraction of sp³-hybridized carbons (Fsp3) is 0.533. The Morgan fingerprint density at radius 3 is 3.11 bits per heavy atom. The summed E-state index contributed by atoms with van der Waals surface area (Å²) in [6.45, 7) is 0.837. The molecule has 0 aliphatic carbocycles. The van der Waals surface area contributed by atoms with Gasteiger partial charge >= 0.3 is 0 Å². The fourth-order valence-electron chi connectivity index (χ4n) is 2.88. The maximum atomic E-state index is 10.2. The van der Waals surface area contributed by atoms with Crippen molar-refractivity contribution in [2.24, 2.45) is 7.05 Å². The van der Waals surface area contributed by atoms with Crippen molar-refractivity contribution in [3.8, 4) is 0 Å². The fourth-order valence-corrected chi connectivity index (χ4v) is 2.88. The molecular weight excluding hydrogens is 240 g/mol. The van der Waals surface area contributed by atoms with Gasteiger partial charge in [0.25, 0.3) is 0 Å². The Morgan fingerprint density at radius 1 is 1.47 bits per heavy atom. The van der Waals surface area contributed by atoms with Crippen LogP contribution in [-0.2, 0) is 18.2 Å². The van der Waals surface area contributed by atoms with Crippen LogP contribution in [0.5, 0.6) is 0 Å². The van der Waals surface area contributed by atoms with E-state index >= 15 is 0 Å². The Balaban J connectivity index is 1.73. The van der Waals surface area contributed by atoms with E-state index in [0.29, 0.717) is 12.8 Å². The number of benzene rings is 1. The van der Waals surface area contributed by atoms with Crippen LogP contribution >= 0.6 is 0 Å². The quantitative estimate of drug-likeness (QED) is 0.915. The predicted molar refractivity (Wildman–Crippen MR) is 74.0 cm³/mol. The summed E-state index contributed by atoms with van der Waals surface area (Å²) in [5.74, 6) is 0. The van der Waals surface area contributed by atoms with Gasteiger partial charge in [0.15, 0.2) is 0 Å². The molecule has 102 valence electrons. The second kappa shape index (κ2) is 5.31. The van der Waals surface area contributed by atoms with E-state index < -0.39 is 0 Å². The maximum Gasteiger partial charge on any atom is 0.0728 e. The first-order valence-electron chi connectivity index (χ1n) is 6.94. The zero-order valence-corrected chi connectivity index (χ0v) is 11.2. The number of fused-ring (bicyclic) bond motifs is 1. The van der Waals surface area contributed by atoms with Crippen molar-refractivity contribution in [1.29, 1.82) is 0 Å². The van der Waals surface area contributed by atoms with Crippen LogP contribution in [0.2, 0.25) is 0 Å². The SMILES string of the molecule is Cn1nc(CC(O)CC2CCCO2)c2ccccc21. The van der Waals surface area contributed by atoms with Crippen LogP contribution in [0.4, 0.5) is 0 Å². The molecule has 3 rings (SSSR count). The second-order valence-electron chi connectivity index (χ2n) is 5.32. The molecule has 4 heteroatoms. The minimum Gasteiger partial charge on any atom is -0.393 e. The Bertz CT molecular complexity index is 558. The van der Waals surface area contributed by atoms with Crippen molar-refractivity contribution in [3.05, 3.63) is 30.0 Å². The van der Waals surface area contributed by atoms with E-state index in [1.165, 1.54) is 0 Å². The molecular formula is C15H20N2O2. The molecule has 1 aromatic heterocycles. The van der Waals surface area contributed by atoms with Gasteiger partial charge in [-0.15, -0.1) is 0 Å². The largest absolute Gasteiger partial charge is 0.393 e. The summed E-state index contributed by atoms with van der Waals surface area (Å²) in [4.78, 5) is 0. The van der Waals surface area contributed by atoms with Crippen molar-refractivity contribution in [3.63, 3.8) is 0 Å². The van der Waals surface area contributed by atoms with Gasteiger partial charge in [0, 0.05) is 25.5 Å². The van der Waals surface area contributed by atoms with Crippen molar-refractivity contribution in [1.82, 2.24) is 9.78 Å². The van der Waals surface area contributed by atoms with Crippen molar-refractivity contribution < 1.29 is 9.84 Å². The number of rotatable bonds is 4. The Labute approximate surface area is 113 Å². The summed E-state index contributed by atoms with van der Waals surface area (Å²) in [6, 6.07) is 8.14. The highest BCUT2D eigenvalue weighted by Gasteiger charge is 2.21. The summed E-state index contributed by atoms with van der Waals surface area (Å²) in [7, 11) is 1.94. The van der Waals surface area contributed by atoms with Gasteiger partial charge in [-0.2, -0.15) is 5.10 Å². The molecule has 4 nitrogen and oxygen atoms in total. The lowest BCUT2D eigenvalue weighted by atomic mass is 10.0. The average Bonchev–Trinajstić information content (AvgIpc) is 3.00. The van der Waals surface area contributed by atoms with Gasteiger partial charge < -0.3 is 9.84 Å².